The Bertz CT molecular complexity index is 313. The predicted octanol–water partition coefficient (Wildman–Crippen LogP) is 4.26. The van der Waals surface area contributed by atoms with Crippen LogP contribution < -0.4 is 0 Å². The fourth-order valence-electron chi connectivity index (χ4n) is 2.87. The molecule has 0 bridgehead atoms. The molecule has 3 nitrogen and oxygen atoms in total. The molecule has 1 aliphatic carbocycles. The molecule has 2 rings (SSSR count). The maximum Gasteiger partial charge on any atom is 0.0922 e. The van der Waals surface area contributed by atoms with Gasteiger partial charge in [-0.2, -0.15) is 0 Å². The molecule has 1 fully saturated rings. The molecule has 1 aromatic heterocycles. The molecule has 1 N–H and O–H groups in total. The quantitative estimate of drug-likeness (QED) is 0.751. The molecule has 0 amide bonds. The zero-order valence-electron chi connectivity index (χ0n) is 11.9. The average molecular weight is 343 g/mol. The van der Waals surface area contributed by atoms with Crippen LogP contribution in [0.5, 0.6) is 0 Å². The van der Waals surface area contributed by atoms with Gasteiger partial charge in [0.15, 0.2) is 0 Å². The molecule has 20 heavy (non-hydrogen) atoms. The van der Waals surface area contributed by atoms with Crippen LogP contribution in [0.3, 0.4) is 0 Å². The van der Waals surface area contributed by atoms with Crippen LogP contribution in [0, 0.1) is 5.92 Å². The van der Waals surface area contributed by atoms with E-state index in [9.17, 15) is 0 Å². The predicted molar refractivity (Wildman–Crippen MR) is 90.3 cm³/mol. The zero-order valence-corrected chi connectivity index (χ0v) is 14.3. The van der Waals surface area contributed by atoms with E-state index in [0.717, 1.165) is 31.3 Å². The Morgan fingerprint density at radius 3 is 2.60 bits per heavy atom. The number of alkyl halides is 1. The number of nitrogens with one attached hydrogen (secondary N) is 1. The lowest BCUT2D eigenvalue weighted by Crippen LogP contribution is -2.31. The van der Waals surface area contributed by atoms with E-state index in [1.807, 2.05) is 6.20 Å². The summed E-state index contributed by atoms with van der Waals surface area (Å²) in [7, 11) is 0. The number of nitrogens with zero attached hydrogens (tertiary/aromatic N) is 2. The number of halogens is 3. The van der Waals surface area contributed by atoms with Gasteiger partial charge in [-0.05, 0) is 31.7 Å². The highest BCUT2D eigenvalue weighted by Gasteiger charge is 2.17. The van der Waals surface area contributed by atoms with E-state index in [1.165, 1.54) is 44.3 Å². The third kappa shape index (κ3) is 7.16. The first kappa shape index (κ1) is 20.0. The van der Waals surface area contributed by atoms with Gasteiger partial charge in [0, 0.05) is 30.9 Å². The second-order valence-electron chi connectivity index (χ2n) is 5.36. The van der Waals surface area contributed by atoms with Crippen LogP contribution in [-0.4, -0.2) is 33.8 Å². The first-order valence-corrected chi connectivity index (χ1v) is 7.67. The molecule has 0 radical (unpaired) electrons. The molecule has 1 aromatic rings. The highest BCUT2D eigenvalue weighted by Crippen LogP contribution is 2.24. The monoisotopic (exact) mass is 341 g/mol. The summed E-state index contributed by atoms with van der Waals surface area (Å²) in [5.74, 6) is 1.64. The van der Waals surface area contributed by atoms with Crippen molar-refractivity contribution in [1.29, 1.82) is 0 Å². The minimum Gasteiger partial charge on any atom is -0.347 e. The Hall–Kier alpha value is 0.0400. The summed E-state index contributed by atoms with van der Waals surface area (Å²) in [4.78, 5) is 9.82. The molecule has 0 aliphatic heterocycles. The van der Waals surface area contributed by atoms with Gasteiger partial charge in [-0.3, -0.25) is 4.90 Å². The minimum absolute atomic E-state index is 0. The summed E-state index contributed by atoms with van der Waals surface area (Å²) in [6.07, 6.45) is 11.8. The van der Waals surface area contributed by atoms with Crippen molar-refractivity contribution in [3.05, 3.63) is 18.2 Å². The number of rotatable bonds is 7. The maximum atomic E-state index is 5.82. The largest absolute Gasteiger partial charge is 0.347 e. The highest BCUT2D eigenvalue weighted by molar-refractivity contribution is 6.17. The lowest BCUT2D eigenvalue weighted by atomic mass is 9.89. The van der Waals surface area contributed by atoms with E-state index in [0.29, 0.717) is 0 Å². The van der Waals surface area contributed by atoms with Gasteiger partial charge in [-0.15, -0.1) is 36.4 Å². The van der Waals surface area contributed by atoms with Crippen molar-refractivity contribution in [1.82, 2.24) is 14.9 Å². The third-order valence-corrected chi connectivity index (χ3v) is 4.07. The number of aromatic nitrogens is 2. The van der Waals surface area contributed by atoms with E-state index in [4.69, 9.17) is 11.6 Å². The Kier molecular flexibility index (Phi) is 11.7. The average Bonchev–Trinajstić information content (AvgIpc) is 2.90. The molecule has 0 atom stereocenters. The lowest BCUT2D eigenvalue weighted by molar-refractivity contribution is 0.193. The van der Waals surface area contributed by atoms with Crippen LogP contribution >= 0.6 is 36.4 Å². The molecule has 0 aromatic carbocycles. The molecule has 118 valence electrons. The minimum atomic E-state index is 0. The number of imidazole rings is 1. The van der Waals surface area contributed by atoms with Crippen molar-refractivity contribution in [2.24, 2.45) is 5.92 Å². The summed E-state index contributed by atoms with van der Waals surface area (Å²) < 4.78 is 0. The van der Waals surface area contributed by atoms with Crippen LogP contribution in [0.2, 0.25) is 0 Å². The maximum absolute atomic E-state index is 5.82. The first-order chi connectivity index (χ1) is 8.88. The summed E-state index contributed by atoms with van der Waals surface area (Å²) >= 11 is 5.82. The van der Waals surface area contributed by atoms with Crippen molar-refractivity contribution in [2.45, 2.75) is 45.1 Å². The van der Waals surface area contributed by atoms with E-state index in [-0.39, 0.29) is 24.8 Å². The molecule has 6 heteroatoms. The first-order valence-electron chi connectivity index (χ1n) is 7.14. The smallest absolute Gasteiger partial charge is 0.0922 e. The van der Waals surface area contributed by atoms with E-state index >= 15 is 0 Å². The molecular weight excluding hydrogens is 317 g/mol. The Labute approximate surface area is 139 Å². The van der Waals surface area contributed by atoms with Gasteiger partial charge in [-0.25, -0.2) is 4.98 Å². The summed E-state index contributed by atoms with van der Waals surface area (Å²) in [5.41, 5.74) is 1.21. The number of H-pyrrole nitrogens is 1. The number of hydrogen-bond donors (Lipinski definition) is 1. The molecule has 0 spiro atoms. The zero-order chi connectivity index (χ0) is 12.6. The molecule has 1 heterocycles. The fourth-order valence-corrected chi connectivity index (χ4v) is 2.98. The summed E-state index contributed by atoms with van der Waals surface area (Å²) in [6, 6.07) is 0. The van der Waals surface area contributed by atoms with E-state index in [1.54, 1.807) is 6.33 Å². The van der Waals surface area contributed by atoms with Crippen LogP contribution in [0.15, 0.2) is 12.5 Å². The second-order valence-corrected chi connectivity index (χ2v) is 5.74. The molecular formula is C14H26Cl3N3. The second kappa shape index (κ2) is 11.7. The Balaban J connectivity index is 0.00000180. The van der Waals surface area contributed by atoms with Crippen LogP contribution in [0.25, 0.3) is 0 Å². The fraction of sp³-hybridized carbons (Fsp3) is 0.786. The van der Waals surface area contributed by atoms with Gasteiger partial charge in [-0.1, -0.05) is 19.3 Å². The SMILES string of the molecule is Cl.Cl.ClCCCN(Cc1cnc[nH]1)CC1CCCCC1. The van der Waals surface area contributed by atoms with Gasteiger partial charge in [0.1, 0.15) is 0 Å². The van der Waals surface area contributed by atoms with E-state index in [2.05, 4.69) is 14.9 Å². The van der Waals surface area contributed by atoms with Gasteiger partial charge in [0.05, 0.1) is 6.33 Å². The van der Waals surface area contributed by atoms with Crippen LogP contribution in [-0.2, 0) is 6.54 Å². The van der Waals surface area contributed by atoms with Crippen molar-refractivity contribution >= 4 is 36.4 Å². The van der Waals surface area contributed by atoms with Gasteiger partial charge < -0.3 is 4.98 Å². The van der Waals surface area contributed by atoms with Crippen molar-refractivity contribution in [3.8, 4) is 0 Å². The summed E-state index contributed by atoms with van der Waals surface area (Å²) in [6.45, 7) is 3.29. The Morgan fingerprint density at radius 1 is 1.25 bits per heavy atom. The van der Waals surface area contributed by atoms with Crippen LogP contribution in [0.4, 0.5) is 0 Å². The molecule has 1 saturated carbocycles. The third-order valence-electron chi connectivity index (χ3n) is 3.80. The van der Waals surface area contributed by atoms with Gasteiger partial charge >= 0.3 is 0 Å². The van der Waals surface area contributed by atoms with Crippen LogP contribution in [0.1, 0.15) is 44.2 Å². The lowest BCUT2D eigenvalue weighted by Gasteiger charge is -2.29. The standard InChI is InChI=1S/C14H24ClN3.2ClH/c15-7-4-8-18(11-14-9-16-12-17-14)10-13-5-2-1-3-6-13;;/h9,12-13H,1-8,10-11H2,(H,16,17);2*1H. The van der Waals surface area contributed by atoms with Crippen molar-refractivity contribution in [3.63, 3.8) is 0 Å². The van der Waals surface area contributed by atoms with Crippen molar-refractivity contribution in [2.75, 3.05) is 19.0 Å². The summed E-state index contributed by atoms with van der Waals surface area (Å²) in [5, 5.41) is 0. The molecule has 1 aliphatic rings. The van der Waals surface area contributed by atoms with Gasteiger partial charge in [0.2, 0.25) is 0 Å². The van der Waals surface area contributed by atoms with E-state index < -0.39 is 0 Å². The van der Waals surface area contributed by atoms with Gasteiger partial charge in [0.25, 0.3) is 0 Å². The highest BCUT2D eigenvalue weighted by atomic mass is 35.5. The topological polar surface area (TPSA) is 31.9 Å². The molecule has 0 saturated heterocycles. The Morgan fingerprint density at radius 2 is 2.00 bits per heavy atom. The number of hydrogen-bond acceptors (Lipinski definition) is 2. The molecule has 0 unspecified atom stereocenters. The van der Waals surface area contributed by atoms with Crippen molar-refractivity contribution < 1.29 is 0 Å². The number of aromatic amines is 1. The normalized spacial score (nSPS) is 15.7.